The summed E-state index contributed by atoms with van der Waals surface area (Å²) in [5.41, 5.74) is -1.50. The first-order valence-electron chi connectivity index (χ1n) is 4.77. The molecule has 4 N–H and O–H groups in total. The lowest BCUT2D eigenvalue weighted by Crippen LogP contribution is -2.53. The maximum atomic E-state index is 10.9. The van der Waals surface area contributed by atoms with Gasteiger partial charge < -0.3 is 25.2 Å². The zero-order valence-corrected chi connectivity index (χ0v) is 8.46. The SMILES string of the molecule is C[C@]1(C(=O)O)C[C@@H](O)CC([C@H](O)CO)O1. The Hall–Kier alpha value is -0.690. The fourth-order valence-corrected chi connectivity index (χ4v) is 1.72. The number of carboxylic acid groups (broad SMARTS) is 1. The summed E-state index contributed by atoms with van der Waals surface area (Å²) >= 11 is 0. The Morgan fingerprint density at radius 2 is 2.27 bits per heavy atom. The van der Waals surface area contributed by atoms with Crippen LogP contribution in [0.25, 0.3) is 0 Å². The minimum absolute atomic E-state index is 0.0169. The average Bonchev–Trinajstić information content (AvgIpc) is 2.15. The minimum atomic E-state index is -1.50. The first kappa shape index (κ1) is 12.4. The Morgan fingerprint density at radius 3 is 2.73 bits per heavy atom. The number of hydrogen-bond acceptors (Lipinski definition) is 5. The molecule has 1 unspecified atom stereocenters. The van der Waals surface area contributed by atoms with Gasteiger partial charge in [-0.05, 0) is 6.92 Å². The molecule has 0 aromatic rings. The highest BCUT2D eigenvalue weighted by Crippen LogP contribution is 2.30. The Balaban J connectivity index is 2.75. The van der Waals surface area contributed by atoms with Gasteiger partial charge in [0.15, 0.2) is 5.60 Å². The topological polar surface area (TPSA) is 107 Å². The fourth-order valence-electron chi connectivity index (χ4n) is 1.72. The second kappa shape index (κ2) is 4.44. The third kappa shape index (κ3) is 2.66. The predicted octanol–water partition coefficient (Wildman–Crippen LogP) is -1.28. The Bertz CT molecular complexity index is 243. The molecule has 0 aromatic heterocycles. The predicted molar refractivity (Wildman–Crippen MR) is 49.2 cm³/mol. The van der Waals surface area contributed by atoms with Gasteiger partial charge in [0.25, 0.3) is 0 Å². The number of ether oxygens (including phenoxy) is 1. The molecule has 0 aromatic carbocycles. The molecule has 0 spiro atoms. The third-order valence-electron chi connectivity index (χ3n) is 2.61. The van der Waals surface area contributed by atoms with Crippen molar-refractivity contribution in [2.24, 2.45) is 0 Å². The Kier molecular flexibility index (Phi) is 3.67. The maximum Gasteiger partial charge on any atom is 0.335 e. The lowest BCUT2D eigenvalue weighted by Gasteiger charge is -2.39. The second-order valence-corrected chi connectivity index (χ2v) is 4.04. The summed E-state index contributed by atoms with van der Waals surface area (Å²) in [6.07, 6.45) is -2.74. The molecule has 88 valence electrons. The molecular weight excluding hydrogens is 204 g/mol. The van der Waals surface area contributed by atoms with Gasteiger partial charge >= 0.3 is 5.97 Å². The van der Waals surface area contributed by atoms with Gasteiger partial charge in [0.05, 0.1) is 18.8 Å². The summed E-state index contributed by atoms with van der Waals surface area (Å²) in [4.78, 5) is 10.9. The Labute approximate surface area is 87.1 Å². The third-order valence-corrected chi connectivity index (χ3v) is 2.61. The number of carbonyl (C=O) groups is 1. The van der Waals surface area contributed by atoms with Gasteiger partial charge in [-0.25, -0.2) is 4.79 Å². The van der Waals surface area contributed by atoms with Crippen LogP contribution in [0.15, 0.2) is 0 Å². The van der Waals surface area contributed by atoms with Crippen LogP contribution in [0.5, 0.6) is 0 Å². The number of carboxylic acids is 1. The van der Waals surface area contributed by atoms with E-state index < -0.39 is 36.5 Å². The molecule has 1 aliphatic heterocycles. The minimum Gasteiger partial charge on any atom is -0.479 e. The van der Waals surface area contributed by atoms with Crippen LogP contribution >= 0.6 is 0 Å². The first-order chi connectivity index (χ1) is 6.89. The van der Waals surface area contributed by atoms with E-state index in [9.17, 15) is 15.0 Å². The molecule has 1 saturated heterocycles. The smallest absolute Gasteiger partial charge is 0.335 e. The number of aliphatic hydroxyl groups excluding tert-OH is 3. The monoisotopic (exact) mass is 220 g/mol. The molecule has 0 amide bonds. The van der Waals surface area contributed by atoms with Crippen molar-refractivity contribution >= 4 is 5.97 Å². The molecule has 0 aliphatic carbocycles. The van der Waals surface area contributed by atoms with Crippen molar-refractivity contribution in [3.05, 3.63) is 0 Å². The van der Waals surface area contributed by atoms with Crippen molar-refractivity contribution in [2.45, 2.75) is 43.7 Å². The van der Waals surface area contributed by atoms with Gasteiger partial charge in [-0.2, -0.15) is 0 Å². The van der Waals surface area contributed by atoms with E-state index in [1.807, 2.05) is 0 Å². The van der Waals surface area contributed by atoms with Crippen molar-refractivity contribution in [1.29, 1.82) is 0 Å². The highest BCUT2D eigenvalue weighted by molar-refractivity contribution is 5.77. The van der Waals surface area contributed by atoms with Crippen LogP contribution in [0.2, 0.25) is 0 Å². The van der Waals surface area contributed by atoms with Crippen molar-refractivity contribution in [3.8, 4) is 0 Å². The average molecular weight is 220 g/mol. The fraction of sp³-hybridized carbons (Fsp3) is 0.889. The van der Waals surface area contributed by atoms with Gasteiger partial charge in [-0.1, -0.05) is 0 Å². The molecule has 0 bridgehead atoms. The Morgan fingerprint density at radius 1 is 1.67 bits per heavy atom. The van der Waals surface area contributed by atoms with Gasteiger partial charge in [0.1, 0.15) is 6.10 Å². The molecule has 1 rings (SSSR count). The molecule has 1 fully saturated rings. The molecule has 15 heavy (non-hydrogen) atoms. The van der Waals surface area contributed by atoms with Crippen LogP contribution in [-0.4, -0.2) is 56.9 Å². The van der Waals surface area contributed by atoms with Crippen LogP contribution in [0, 0.1) is 0 Å². The lowest BCUT2D eigenvalue weighted by atomic mass is 9.89. The van der Waals surface area contributed by atoms with Crippen LogP contribution in [0.1, 0.15) is 19.8 Å². The normalized spacial score (nSPS) is 38.7. The summed E-state index contributed by atoms with van der Waals surface area (Å²) in [5, 5.41) is 36.4. The van der Waals surface area contributed by atoms with Gasteiger partial charge in [0, 0.05) is 12.8 Å². The zero-order valence-electron chi connectivity index (χ0n) is 8.46. The van der Waals surface area contributed by atoms with Crippen molar-refractivity contribution < 1.29 is 30.0 Å². The van der Waals surface area contributed by atoms with Gasteiger partial charge in [0.2, 0.25) is 0 Å². The zero-order chi connectivity index (χ0) is 11.6. The standard InChI is InChI=1S/C9H16O6/c1-9(8(13)14)3-5(11)2-7(15-9)6(12)4-10/h5-7,10-12H,2-4H2,1H3,(H,13,14)/t5-,6+,7?,9+/m0/s1. The summed E-state index contributed by atoms with van der Waals surface area (Å²) in [7, 11) is 0. The molecule has 6 nitrogen and oxygen atoms in total. The summed E-state index contributed by atoms with van der Waals surface area (Å²) in [6.45, 7) is 0.821. The van der Waals surface area contributed by atoms with Crippen LogP contribution in [0.4, 0.5) is 0 Å². The number of hydrogen-bond donors (Lipinski definition) is 4. The summed E-state index contributed by atoms with van der Waals surface area (Å²) in [5.74, 6) is -1.18. The molecule has 0 radical (unpaired) electrons. The maximum absolute atomic E-state index is 10.9. The summed E-state index contributed by atoms with van der Waals surface area (Å²) < 4.78 is 5.19. The quantitative estimate of drug-likeness (QED) is 0.472. The van der Waals surface area contributed by atoms with E-state index in [4.69, 9.17) is 14.9 Å². The highest BCUT2D eigenvalue weighted by Gasteiger charge is 2.45. The van der Waals surface area contributed by atoms with Crippen LogP contribution in [0.3, 0.4) is 0 Å². The molecule has 4 atom stereocenters. The van der Waals surface area contributed by atoms with Crippen LogP contribution in [-0.2, 0) is 9.53 Å². The van der Waals surface area contributed by atoms with E-state index >= 15 is 0 Å². The van der Waals surface area contributed by atoms with E-state index in [2.05, 4.69) is 0 Å². The van der Waals surface area contributed by atoms with E-state index in [1.54, 1.807) is 0 Å². The number of aliphatic hydroxyl groups is 3. The van der Waals surface area contributed by atoms with E-state index in [-0.39, 0.29) is 12.8 Å². The van der Waals surface area contributed by atoms with Crippen molar-refractivity contribution in [1.82, 2.24) is 0 Å². The summed E-state index contributed by atoms with van der Waals surface area (Å²) in [6, 6.07) is 0. The second-order valence-electron chi connectivity index (χ2n) is 4.04. The number of aliphatic carboxylic acids is 1. The lowest BCUT2D eigenvalue weighted by molar-refractivity contribution is -0.208. The molecule has 1 aliphatic rings. The van der Waals surface area contributed by atoms with Crippen LogP contribution < -0.4 is 0 Å². The van der Waals surface area contributed by atoms with E-state index in [0.29, 0.717) is 0 Å². The largest absolute Gasteiger partial charge is 0.479 e. The van der Waals surface area contributed by atoms with Crippen molar-refractivity contribution in [3.63, 3.8) is 0 Å². The number of rotatable bonds is 3. The first-order valence-corrected chi connectivity index (χ1v) is 4.77. The molecule has 1 heterocycles. The van der Waals surface area contributed by atoms with E-state index in [1.165, 1.54) is 6.92 Å². The molecule has 0 saturated carbocycles. The highest BCUT2D eigenvalue weighted by atomic mass is 16.5. The van der Waals surface area contributed by atoms with E-state index in [0.717, 1.165) is 0 Å². The van der Waals surface area contributed by atoms with Gasteiger partial charge in [-0.15, -0.1) is 0 Å². The van der Waals surface area contributed by atoms with Gasteiger partial charge in [-0.3, -0.25) is 0 Å². The molecular formula is C9H16O6. The van der Waals surface area contributed by atoms with Crippen molar-refractivity contribution in [2.75, 3.05) is 6.61 Å². The molecule has 6 heteroatoms.